The summed E-state index contributed by atoms with van der Waals surface area (Å²) in [5.74, 6) is 0.954. The van der Waals surface area contributed by atoms with Crippen molar-refractivity contribution in [3.8, 4) is 0 Å². The van der Waals surface area contributed by atoms with E-state index in [1.54, 1.807) is 0 Å². The summed E-state index contributed by atoms with van der Waals surface area (Å²) >= 11 is 6.25. The molecular weight excluding hydrogens is 321 g/mol. The molecule has 0 aromatic rings. The zero-order valence-corrected chi connectivity index (χ0v) is 14.0. The Labute approximate surface area is 92.2 Å². The van der Waals surface area contributed by atoms with Gasteiger partial charge in [-0.1, -0.05) is 46.5 Å². The molecule has 0 aromatic carbocycles. The number of halogens is 2. The molecule has 0 heterocycles. The van der Waals surface area contributed by atoms with Gasteiger partial charge in [0.1, 0.15) is 0 Å². The van der Waals surface area contributed by atoms with Crippen LogP contribution in [-0.2, 0) is 13.2 Å². The fraction of sp³-hybridized carbons (Fsp3) is 1.00. The Morgan fingerprint density at radius 2 is 1.73 bits per heavy atom. The first-order valence-corrected chi connectivity index (χ1v) is 18.2. The molecule has 0 nitrogen and oxygen atoms in total. The zero-order valence-electron chi connectivity index (χ0n) is 7.87. The summed E-state index contributed by atoms with van der Waals surface area (Å²) in [4.78, 5) is 0. The Hall–Kier alpha value is 1.58. The minimum atomic E-state index is -0.250. The standard InChI is InChI=1S/C8H18.2BrH.Zn/c1-4-6-7-8(3)5-2;;;/h8H,4-7H2,1-3H3;2*1H;/q;;;+2/p-2. The molecule has 1 unspecified atom stereocenters. The zero-order chi connectivity index (χ0) is 9.11. The molecule has 0 fully saturated rings. The van der Waals surface area contributed by atoms with E-state index in [0.29, 0.717) is 0 Å². The molecule has 0 N–H and O–H groups in total. The topological polar surface area (TPSA) is 0 Å². The summed E-state index contributed by atoms with van der Waals surface area (Å²) in [6.45, 7) is 6.85. The monoisotopic (exact) mass is 336 g/mol. The van der Waals surface area contributed by atoms with E-state index in [-0.39, 0.29) is 13.2 Å². The molecule has 0 aliphatic rings. The van der Waals surface area contributed by atoms with E-state index in [9.17, 15) is 0 Å². The third-order valence-electron chi connectivity index (χ3n) is 1.75. The molecule has 0 saturated carbocycles. The van der Waals surface area contributed by atoms with Gasteiger partial charge in [-0.2, -0.15) is 0 Å². The van der Waals surface area contributed by atoms with Gasteiger partial charge in [0.15, 0.2) is 0 Å². The van der Waals surface area contributed by atoms with E-state index in [0.717, 1.165) is 5.92 Å². The minimum absolute atomic E-state index is 0.250. The van der Waals surface area contributed by atoms with Crippen LogP contribution in [0.4, 0.5) is 0 Å². The predicted molar refractivity (Wildman–Crippen MR) is 56.8 cm³/mol. The Morgan fingerprint density at radius 1 is 1.27 bits per heavy atom. The van der Waals surface area contributed by atoms with Crippen LogP contribution in [0.3, 0.4) is 0 Å². The van der Waals surface area contributed by atoms with E-state index >= 15 is 0 Å². The van der Waals surface area contributed by atoms with Gasteiger partial charge in [-0.25, -0.2) is 0 Å². The van der Waals surface area contributed by atoms with Crippen molar-refractivity contribution in [2.24, 2.45) is 5.92 Å². The van der Waals surface area contributed by atoms with Crippen molar-refractivity contribution in [1.82, 2.24) is 0 Å². The Balaban J connectivity index is 0. The Kier molecular flexibility index (Phi) is 19.4. The summed E-state index contributed by atoms with van der Waals surface area (Å²) in [5, 5.41) is 0. The van der Waals surface area contributed by atoms with Gasteiger partial charge in [-0.15, -0.1) is 0 Å². The van der Waals surface area contributed by atoms with Gasteiger partial charge in [0, 0.05) is 0 Å². The second kappa shape index (κ2) is 14.1. The fourth-order valence-electron chi connectivity index (χ4n) is 0.757. The average Bonchev–Trinajstić information content (AvgIpc) is 2.02. The summed E-state index contributed by atoms with van der Waals surface area (Å²) < 4.78 is 0. The predicted octanol–water partition coefficient (Wildman–Crippen LogP) is 4.91. The van der Waals surface area contributed by atoms with Crippen LogP contribution in [0.5, 0.6) is 0 Å². The molecule has 0 spiro atoms. The van der Waals surface area contributed by atoms with Gasteiger partial charge in [0.25, 0.3) is 0 Å². The van der Waals surface area contributed by atoms with E-state index in [2.05, 4.69) is 48.0 Å². The van der Waals surface area contributed by atoms with Gasteiger partial charge in [-0.3, -0.25) is 0 Å². The SMILES string of the molecule is CCCCC(C)CC.[Br][Zn][Br]. The van der Waals surface area contributed by atoms with Gasteiger partial charge < -0.3 is 0 Å². The van der Waals surface area contributed by atoms with Crippen molar-refractivity contribution >= 4 is 27.2 Å². The number of hydrogen-bond donors (Lipinski definition) is 0. The van der Waals surface area contributed by atoms with Crippen molar-refractivity contribution in [3.05, 3.63) is 0 Å². The van der Waals surface area contributed by atoms with E-state index in [4.69, 9.17) is 0 Å². The van der Waals surface area contributed by atoms with Crippen LogP contribution < -0.4 is 0 Å². The fourth-order valence-corrected chi connectivity index (χ4v) is 0.757. The molecule has 0 amide bonds. The van der Waals surface area contributed by atoms with Crippen LogP contribution in [0, 0.1) is 5.92 Å². The van der Waals surface area contributed by atoms with Crippen LogP contribution in [0.2, 0.25) is 0 Å². The van der Waals surface area contributed by atoms with Gasteiger partial charge in [-0.05, 0) is 5.92 Å². The Morgan fingerprint density at radius 3 is 2.00 bits per heavy atom. The molecule has 11 heavy (non-hydrogen) atoms. The molecule has 0 aromatic heterocycles. The summed E-state index contributed by atoms with van der Waals surface area (Å²) in [6.07, 6.45) is 5.53. The number of rotatable bonds is 4. The maximum absolute atomic E-state index is 3.25. The van der Waals surface area contributed by atoms with Gasteiger partial charge in [0.2, 0.25) is 0 Å². The molecule has 0 bridgehead atoms. The van der Waals surface area contributed by atoms with Crippen molar-refractivity contribution < 1.29 is 13.2 Å². The second-order valence-electron chi connectivity index (χ2n) is 2.76. The molecule has 3 heteroatoms. The molecule has 0 aliphatic heterocycles. The first-order chi connectivity index (χ1) is 5.22. The third-order valence-corrected chi connectivity index (χ3v) is 1.75. The molecule has 66 valence electrons. The normalized spacial score (nSPS) is 11.0. The number of hydrogen-bond acceptors (Lipinski definition) is 0. The molecule has 0 saturated heterocycles. The van der Waals surface area contributed by atoms with Crippen LogP contribution in [-0.4, -0.2) is 0 Å². The van der Waals surface area contributed by atoms with Crippen molar-refractivity contribution in [2.75, 3.05) is 0 Å². The first-order valence-electron chi connectivity index (χ1n) is 4.34. The molecule has 0 rings (SSSR count). The van der Waals surface area contributed by atoms with Crippen molar-refractivity contribution in [3.63, 3.8) is 0 Å². The second-order valence-corrected chi connectivity index (χ2v) is 16.8. The van der Waals surface area contributed by atoms with Crippen LogP contribution in [0.15, 0.2) is 0 Å². The molecule has 1 atom stereocenters. The van der Waals surface area contributed by atoms with Crippen molar-refractivity contribution in [2.45, 2.75) is 46.5 Å². The summed E-state index contributed by atoms with van der Waals surface area (Å²) in [6, 6.07) is 0. The van der Waals surface area contributed by atoms with E-state index < -0.39 is 0 Å². The quantitative estimate of drug-likeness (QED) is 0.638. The average molecular weight is 339 g/mol. The molecule has 0 aliphatic carbocycles. The van der Waals surface area contributed by atoms with Crippen molar-refractivity contribution in [1.29, 1.82) is 0 Å². The van der Waals surface area contributed by atoms with Gasteiger partial charge >= 0.3 is 40.5 Å². The molecule has 0 radical (unpaired) electrons. The first kappa shape index (κ1) is 15.1. The van der Waals surface area contributed by atoms with E-state index in [1.807, 2.05) is 0 Å². The maximum atomic E-state index is 3.25. The number of unbranched alkanes of at least 4 members (excludes halogenated alkanes) is 1. The van der Waals surface area contributed by atoms with Crippen LogP contribution in [0.1, 0.15) is 46.5 Å². The summed E-state index contributed by atoms with van der Waals surface area (Å²) in [5.41, 5.74) is 0. The third kappa shape index (κ3) is 18.5. The van der Waals surface area contributed by atoms with Crippen LogP contribution >= 0.6 is 27.2 Å². The molecular formula is C8H18Br2Zn. The van der Waals surface area contributed by atoms with Gasteiger partial charge in [0.05, 0.1) is 0 Å². The van der Waals surface area contributed by atoms with E-state index in [1.165, 1.54) is 25.7 Å². The summed E-state index contributed by atoms with van der Waals surface area (Å²) in [7, 11) is 0. The van der Waals surface area contributed by atoms with Crippen LogP contribution in [0.25, 0.3) is 0 Å². The Bertz CT molecular complexity index is 60.1.